The van der Waals surface area contributed by atoms with Crippen LogP contribution >= 0.6 is 0 Å². The van der Waals surface area contributed by atoms with Crippen molar-refractivity contribution in [2.45, 2.75) is 13.5 Å². The lowest BCUT2D eigenvalue weighted by molar-refractivity contribution is 0.0685. The van der Waals surface area contributed by atoms with Gasteiger partial charge in [-0.15, -0.1) is 0 Å². The zero-order chi connectivity index (χ0) is 14.9. The molecule has 1 heterocycles. The first-order valence-electron chi connectivity index (χ1n) is 6.06. The highest BCUT2D eigenvalue weighted by Crippen LogP contribution is 2.30. The first-order valence-corrected chi connectivity index (χ1v) is 6.06. The zero-order valence-corrected chi connectivity index (χ0v) is 11.5. The molecule has 1 N–H and O–H groups in total. The lowest BCUT2D eigenvalue weighted by Gasteiger charge is -2.16. The third-order valence-corrected chi connectivity index (χ3v) is 3.13. The maximum Gasteiger partial charge on any atom is 0.352 e. The molecule has 6 nitrogen and oxygen atoms in total. The van der Waals surface area contributed by atoms with Gasteiger partial charge in [0.05, 0.1) is 25.1 Å². The summed E-state index contributed by atoms with van der Waals surface area (Å²) in [6.07, 6.45) is 0. The van der Waals surface area contributed by atoms with Gasteiger partial charge >= 0.3 is 5.97 Å². The third kappa shape index (κ3) is 2.09. The van der Waals surface area contributed by atoms with Crippen LogP contribution in [-0.4, -0.2) is 29.9 Å². The number of aryl methyl sites for hydroxylation is 1. The Morgan fingerprint density at radius 3 is 2.45 bits per heavy atom. The minimum absolute atomic E-state index is 0.0616. The minimum atomic E-state index is -1.15. The number of pyridine rings is 1. The molecule has 1 aromatic carbocycles. The van der Waals surface area contributed by atoms with E-state index in [4.69, 9.17) is 9.47 Å². The molecule has 0 saturated heterocycles. The maximum absolute atomic E-state index is 12.1. The van der Waals surface area contributed by atoms with Crippen LogP contribution in [0.2, 0.25) is 0 Å². The molecular formula is C14H15NO5. The molecular weight excluding hydrogens is 262 g/mol. The molecule has 2 rings (SSSR count). The van der Waals surface area contributed by atoms with Gasteiger partial charge < -0.3 is 19.1 Å². The summed E-state index contributed by atoms with van der Waals surface area (Å²) in [6, 6.07) is 4.32. The van der Waals surface area contributed by atoms with Crippen LogP contribution in [0.1, 0.15) is 17.4 Å². The number of carboxylic acid groups (broad SMARTS) is 1. The number of ether oxygens (including phenoxy) is 2. The van der Waals surface area contributed by atoms with Crippen molar-refractivity contribution in [3.63, 3.8) is 0 Å². The average Bonchev–Trinajstić information content (AvgIpc) is 2.45. The summed E-state index contributed by atoms with van der Waals surface area (Å²) in [4.78, 5) is 23.4. The summed E-state index contributed by atoms with van der Waals surface area (Å²) in [6.45, 7) is 2.21. The van der Waals surface area contributed by atoms with Crippen LogP contribution in [-0.2, 0) is 6.54 Å². The van der Waals surface area contributed by atoms with E-state index < -0.39 is 5.97 Å². The van der Waals surface area contributed by atoms with Crippen LogP contribution in [0.4, 0.5) is 0 Å². The van der Waals surface area contributed by atoms with E-state index in [1.165, 1.54) is 18.8 Å². The van der Waals surface area contributed by atoms with Gasteiger partial charge in [-0.3, -0.25) is 4.79 Å². The Kier molecular flexibility index (Phi) is 3.65. The van der Waals surface area contributed by atoms with Gasteiger partial charge in [-0.25, -0.2) is 4.79 Å². The first-order chi connectivity index (χ1) is 9.53. The molecule has 0 amide bonds. The Labute approximate surface area is 115 Å². The van der Waals surface area contributed by atoms with Crippen molar-refractivity contribution in [3.8, 4) is 11.5 Å². The van der Waals surface area contributed by atoms with E-state index in [0.717, 1.165) is 6.07 Å². The van der Waals surface area contributed by atoms with Crippen molar-refractivity contribution in [1.29, 1.82) is 0 Å². The van der Waals surface area contributed by atoms with Gasteiger partial charge in [0.2, 0.25) is 0 Å². The second-order valence-electron chi connectivity index (χ2n) is 4.17. The lowest BCUT2D eigenvalue weighted by atomic mass is 10.1. The van der Waals surface area contributed by atoms with E-state index in [0.29, 0.717) is 28.9 Å². The highest BCUT2D eigenvalue weighted by molar-refractivity contribution is 5.93. The van der Waals surface area contributed by atoms with Gasteiger partial charge in [-0.05, 0) is 13.0 Å². The zero-order valence-electron chi connectivity index (χ0n) is 11.5. The number of hydrogen-bond donors (Lipinski definition) is 1. The molecule has 0 radical (unpaired) electrons. The van der Waals surface area contributed by atoms with E-state index in [1.807, 2.05) is 0 Å². The molecule has 0 fully saturated rings. The number of nitrogens with zero attached hydrogens (tertiary/aromatic N) is 1. The Bertz CT molecular complexity index is 732. The molecule has 2 aromatic rings. The van der Waals surface area contributed by atoms with Gasteiger partial charge in [0, 0.05) is 18.7 Å². The van der Waals surface area contributed by atoms with Crippen LogP contribution < -0.4 is 14.9 Å². The molecule has 20 heavy (non-hydrogen) atoms. The maximum atomic E-state index is 12.1. The molecule has 106 valence electrons. The number of aromatic nitrogens is 1. The van der Waals surface area contributed by atoms with Crippen LogP contribution in [0.15, 0.2) is 23.0 Å². The van der Waals surface area contributed by atoms with Crippen LogP contribution in [0.5, 0.6) is 11.5 Å². The minimum Gasteiger partial charge on any atom is -0.497 e. The van der Waals surface area contributed by atoms with Crippen molar-refractivity contribution < 1.29 is 19.4 Å². The lowest BCUT2D eigenvalue weighted by Crippen LogP contribution is -2.18. The normalized spacial score (nSPS) is 10.6. The quantitative estimate of drug-likeness (QED) is 0.921. The fourth-order valence-corrected chi connectivity index (χ4v) is 2.23. The number of hydrogen-bond acceptors (Lipinski definition) is 4. The fourth-order valence-electron chi connectivity index (χ4n) is 2.23. The van der Waals surface area contributed by atoms with Crippen molar-refractivity contribution in [1.82, 2.24) is 4.57 Å². The van der Waals surface area contributed by atoms with Crippen molar-refractivity contribution in [3.05, 3.63) is 34.1 Å². The Morgan fingerprint density at radius 1 is 1.25 bits per heavy atom. The van der Waals surface area contributed by atoms with Gasteiger partial charge in [0.1, 0.15) is 17.2 Å². The standard InChI is InChI=1S/C14H15NO5/c1-4-15-10(14(17)18)7-11(16)9-5-8(19-2)6-12(20-3)13(9)15/h5-7H,4H2,1-3H3,(H,17,18). The predicted molar refractivity (Wildman–Crippen MR) is 73.9 cm³/mol. The molecule has 0 saturated carbocycles. The molecule has 1 aromatic heterocycles. The molecule has 0 aliphatic heterocycles. The van der Waals surface area contributed by atoms with Crippen LogP contribution in [0.25, 0.3) is 10.9 Å². The van der Waals surface area contributed by atoms with Crippen LogP contribution in [0, 0.1) is 0 Å². The summed E-state index contributed by atoms with van der Waals surface area (Å²) in [5.74, 6) is -0.262. The molecule has 0 aliphatic rings. The number of rotatable bonds is 4. The second kappa shape index (κ2) is 5.24. The SMILES string of the molecule is CCn1c(C(=O)O)cc(=O)c2cc(OC)cc(OC)c21. The van der Waals surface area contributed by atoms with Crippen molar-refractivity contribution in [2.75, 3.05) is 14.2 Å². The van der Waals surface area contributed by atoms with Crippen molar-refractivity contribution >= 4 is 16.9 Å². The predicted octanol–water partition coefficient (Wildman–Crippen LogP) is 1.74. The summed E-state index contributed by atoms with van der Waals surface area (Å²) in [5.41, 5.74) is 0.0217. The molecule has 0 unspecified atom stereocenters. The molecule has 0 atom stereocenters. The number of aromatic carboxylic acids is 1. The van der Waals surface area contributed by atoms with Crippen molar-refractivity contribution in [2.24, 2.45) is 0 Å². The van der Waals surface area contributed by atoms with E-state index in [2.05, 4.69) is 0 Å². The van der Waals surface area contributed by atoms with E-state index in [1.54, 1.807) is 19.1 Å². The molecule has 0 aliphatic carbocycles. The van der Waals surface area contributed by atoms with E-state index in [-0.39, 0.29) is 11.1 Å². The Hall–Kier alpha value is -2.50. The van der Waals surface area contributed by atoms with E-state index >= 15 is 0 Å². The van der Waals surface area contributed by atoms with Gasteiger partial charge in [-0.1, -0.05) is 0 Å². The summed E-state index contributed by atoms with van der Waals surface area (Å²) < 4.78 is 11.9. The second-order valence-corrected chi connectivity index (χ2v) is 4.17. The summed E-state index contributed by atoms with van der Waals surface area (Å²) in [7, 11) is 2.96. The number of benzene rings is 1. The molecule has 6 heteroatoms. The van der Waals surface area contributed by atoms with Gasteiger partial charge in [0.25, 0.3) is 0 Å². The molecule has 0 spiro atoms. The number of fused-ring (bicyclic) bond motifs is 1. The number of carboxylic acids is 1. The Morgan fingerprint density at radius 2 is 1.95 bits per heavy atom. The Balaban J connectivity index is 3.01. The van der Waals surface area contributed by atoms with Gasteiger partial charge in [-0.2, -0.15) is 0 Å². The van der Waals surface area contributed by atoms with Crippen LogP contribution in [0.3, 0.4) is 0 Å². The first kappa shape index (κ1) is 13.9. The van der Waals surface area contributed by atoms with E-state index in [9.17, 15) is 14.7 Å². The number of carbonyl (C=O) groups is 1. The highest BCUT2D eigenvalue weighted by Gasteiger charge is 2.17. The monoisotopic (exact) mass is 277 g/mol. The summed E-state index contributed by atoms with van der Waals surface area (Å²) >= 11 is 0. The fraction of sp³-hybridized carbons (Fsp3) is 0.286. The van der Waals surface area contributed by atoms with Gasteiger partial charge in [0.15, 0.2) is 5.43 Å². The smallest absolute Gasteiger partial charge is 0.352 e. The largest absolute Gasteiger partial charge is 0.497 e. The molecule has 0 bridgehead atoms. The third-order valence-electron chi connectivity index (χ3n) is 3.13. The summed E-state index contributed by atoms with van der Waals surface area (Å²) in [5, 5.41) is 9.59. The average molecular weight is 277 g/mol. The topological polar surface area (TPSA) is 77.8 Å². The number of methoxy groups -OCH3 is 2. The highest BCUT2D eigenvalue weighted by atomic mass is 16.5.